The molecular formula is C14H19ClN4O2. The first-order valence-corrected chi connectivity index (χ1v) is 7.57. The number of halogens is 1. The number of rotatable bonds is 4. The lowest BCUT2D eigenvalue weighted by Gasteiger charge is -2.47. The molecule has 0 radical (unpaired) electrons. The molecule has 0 aromatic heterocycles. The zero-order valence-corrected chi connectivity index (χ0v) is 12.8. The zero-order chi connectivity index (χ0) is 15.0. The van der Waals surface area contributed by atoms with Crippen LogP contribution in [0.3, 0.4) is 0 Å². The summed E-state index contributed by atoms with van der Waals surface area (Å²) in [5, 5.41) is 14.6. The standard InChI is InChI=1S/C14H19ClN4O2/c1-10-6-13(12(15)7-14(10)19(20)21)16-8-11-9-17-2-4-18(11)5-3-17/h6-7,11,16H,2-5,8-9H2,1H3. The van der Waals surface area contributed by atoms with Crippen molar-refractivity contribution in [1.82, 2.24) is 9.80 Å². The highest BCUT2D eigenvalue weighted by Gasteiger charge is 2.31. The average molecular weight is 311 g/mol. The van der Waals surface area contributed by atoms with E-state index in [9.17, 15) is 10.1 Å². The molecule has 0 spiro atoms. The van der Waals surface area contributed by atoms with Crippen molar-refractivity contribution in [3.05, 3.63) is 32.8 Å². The molecule has 4 rings (SSSR count). The predicted molar refractivity (Wildman–Crippen MR) is 83.1 cm³/mol. The molecule has 3 heterocycles. The fourth-order valence-corrected chi connectivity index (χ4v) is 3.37. The van der Waals surface area contributed by atoms with Crippen LogP contribution in [0.2, 0.25) is 5.02 Å². The van der Waals surface area contributed by atoms with Crippen LogP contribution >= 0.6 is 11.6 Å². The molecule has 1 aromatic carbocycles. The van der Waals surface area contributed by atoms with Gasteiger partial charge >= 0.3 is 0 Å². The second kappa shape index (κ2) is 5.79. The summed E-state index contributed by atoms with van der Waals surface area (Å²) >= 11 is 6.15. The number of nitrogens with one attached hydrogen (secondary N) is 1. The Labute approximate surface area is 128 Å². The van der Waals surface area contributed by atoms with Gasteiger partial charge in [0.25, 0.3) is 5.69 Å². The van der Waals surface area contributed by atoms with Gasteiger partial charge in [-0.05, 0) is 13.0 Å². The van der Waals surface area contributed by atoms with Gasteiger partial charge < -0.3 is 5.32 Å². The molecule has 0 saturated carbocycles. The Morgan fingerprint density at radius 3 is 2.67 bits per heavy atom. The van der Waals surface area contributed by atoms with Gasteiger partial charge in [0.15, 0.2) is 0 Å². The number of nitro groups is 1. The Morgan fingerprint density at radius 2 is 2.10 bits per heavy atom. The van der Waals surface area contributed by atoms with E-state index in [2.05, 4.69) is 15.1 Å². The largest absolute Gasteiger partial charge is 0.382 e. The molecule has 3 fully saturated rings. The quantitative estimate of drug-likeness (QED) is 0.680. The number of nitrogens with zero attached hydrogens (tertiary/aromatic N) is 3. The van der Waals surface area contributed by atoms with Crippen molar-refractivity contribution in [2.45, 2.75) is 13.0 Å². The molecule has 0 amide bonds. The summed E-state index contributed by atoms with van der Waals surface area (Å²) in [7, 11) is 0. The lowest BCUT2D eigenvalue weighted by molar-refractivity contribution is -0.385. The van der Waals surface area contributed by atoms with Crippen molar-refractivity contribution in [2.75, 3.05) is 44.6 Å². The number of benzene rings is 1. The summed E-state index contributed by atoms with van der Waals surface area (Å²) in [5.41, 5.74) is 1.47. The van der Waals surface area contributed by atoms with Gasteiger partial charge in [-0.25, -0.2) is 0 Å². The van der Waals surface area contributed by atoms with E-state index >= 15 is 0 Å². The first-order chi connectivity index (χ1) is 10.0. The van der Waals surface area contributed by atoms with E-state index in [0.717, 1.165) is 45.0 Å². The Balaban J connectivity index is 1.68. The Kier molecular flexibility index (Phi) is 4.01. The van der Waals surface area contributed by atoms with Crippen LogP contribution in [0.4, 0.5) is 11.4 Å². The monoisotopic (exact) mass is 310 g/mol. The minimum absolute atomic E-state index is 0.0668. The van der Waals surface area contributed by atoms with Crippen LogP contribution in [0.1, 0.15) is 5.56 Å². The van der Waals surface area contributed by atoms with Crippen molar-refractivity contribution >= 4 is 23.0 Å². The van der Waals surface area contributed by atoms with Gasteiger partial charge in [-0.2, -0.15) is 0 Å². The third-order valence-corrected chi connectivity index (χ3v) is 4.72. The Morgan fingerprint density at radius 1 is 1.38 bits per heavy atom. The second-order valence-electron chi connectivity index (χ2n) is 5.75. The van der Waals surface area contributed by atoms with Gasteiger partial charge in [0, 0.05) is 56.9 Å². The Bertz CT molecular complexity index is 558. The van der Waals surface area contributed by atoms with Crippen molar-refractivity contribution in [3.8, 4) is 0 Å². The topological polar surface area (TPSA) is 61.6 Å². The van der Waals surface area contributed by atoms with Crippen LogP contribution in [0.5, 0.6) is 0 Å². The van der Waals surface area contributed by atoms with E-state index in [0.29, 0.717) is 16.6 Å². The number of anilines is 1. The van der Waals surface area contributed by atoms with E-state index in [1.54, 1.807) is 13.0 Å². The number of fused-ring (bicyclic) bond motifs is 3. The van der Waals surface area contributed by atoms with Gasteiger partial charge in [0.05, 0.1) is 15.6 Å². The summed E-state index contributed by atoms with van der Waals surface area (Å²) in [4.78, 5) is 15.5. The predicted octanol–water partition coefficient (Wildman–Crippen LogP) is 1.97. The second-order valence-corrected chi connectivity index (χ2v) is 6.15. The van der Waals surface area contributed by atoms with Crippen LogP contribution in [0.25, 0.3) is 0 Å². The van der Waals surface area contributed by atoms with Crippen LogP contribution in [-0.2, 0) is 0 Å². The molecule has 1 aromatic rings. The summed E-state index contributed by atoms with van der Waals surface area (Å²) < 4.78 is 0. The molecule has 1 N–H and O–H groups in total. The lowest BCUT2D eigenvalue weighted by Crippen LogP contribution is -2.62. The first-order valence-electron chi connectivity index (χ1n) is 7.19. The van der Waals surface area contributed by atoms with E-state index in [1.165, 1.54) is 6.07 Å². The normalized spacial score (nSPS) is 27.6. The minimum Gasteiger partial charge on any atom is -0.382 e. The highest BCUT2D eigenvalue weighted by Crippen LogP contribution is 2.30. The molecule has 3 aliphatic heterocycles. The molecule has 21 heavy (non-hydrogen) atoms. The van der Waals surface area contributed by atoms with Crippen molar-refractivity contribution < 1.29 is 4.92 Å². The van der Waals surface area contributed by atoms with Crippen molar-refractivity contribution in [3.63, 3.8) is 0 Å². The SMILES string of the molecule is Cc1cc(NCC2CN3CCN2CC3)c(Cl)cc1[N+](=O)[O-]. The van der Waals surface area contributed by atoms with Crippen LogP contribution in [0, 0.1) is 17.0 Å². The van der Waals surface area contributed by atoms with Gasteiger partial charge in [-0.15, -0.1) is 0 Å². The van der Waals surface area contributed by atoms with Crippen molar-refractivity contribution in [2.24, 2.45) is 0 Å². The maximum absolute atomic E-state index is 10.9. The third-order valence-electron chi connectivity index (χ3n) is 4.40. The van der Waals surface area contributed by atoms with Gasteiger partial charge in [0.2, 0.25) is 0 Å². The summed E-state index contributed by atoms with van der Waals surface area (Å²) in [6.45, 7) is 8.20. The van der Waals surface area contributed by atoms with E-state index in [1.807, 2.05) is 0 Å². The lowest BCUT2D eigenvalue weighted by atomic mass is 10.1. The number of piperazine rings is 3. The first kappa shape index (κ1) is 14.6. The summed E-state index contributed by atoms with van der Waals surface area (Å²) in [6, 6.07) is 3.67. The molecule has 1 unspecified atom stereocenters. The average Bonchev–Trinajstić information content (AvgIpc) is 2.48. The summed E-state index contributed by atoms with van der Waals surface area (Å²) in [5.74, 6) is 0. The van der Waals surface area contributed by atoms with E-state index in [-0.39, 0.29) is 5.69 Å². The van der Waals surface area contributed by atoms with Crippen LogP contribution < -0.4 is 5.32 Å². The fraction of sp³-hybridized carbons (Fsp3) is 0.571. The van der Waals surface area contributed by atoms with Gasteiger partial charge in [0.1, 0.15) is 0 Å². The van der Waals surface area contributed by atoms with E-state index < -0.39 is 4.92 Å². The number of nitro benzene ring substituents is 1. The molecule has 0 aliphatic carbocycles. The summed E-state index contributed by atoms with van der Waals surface area (Å²) in [6.07, 6.45) is 0. The maximum atomic E-state index is 10.9. The van der Waals surface area contributed by atoms with Gasteiger partial charge in [-0.1, -0.05) is 11.6 Å². The number of hydrogen-bond donors (Lipinski definition) is 1. The maximum Gasteiger partial charge on any atom is 0.273 e. The van der Waals surface area contributed by atoms with Crippen molar-refractivity contribution in [1.29, 1.82) is 0 Å². The fourth-order valence-electron chi connectivity index (χ4n) is 3.15. The molecule has 2 bridgehead atoms. The Hall–Kier alpha value is -1.37. The molecule has 6 nitrogen and oxygen atoms in total. The molecule has 3 aliphatic rings. The third kappa shape index (κ3) is 2.97. The van der Waals surface area contributed by atoms with Gasteiger partial charge in [-0.3, -0.25) is 19.9 Å². The van der Waals surface area contributed by atoms with Crippen LogP contribution in [-0.4, -0.2) is 60.0 Å². The van der Waals surface area contributed by atoms with Crippen LogP contribution in [0.15, 0.2) is 12.1 Å². The molecule has 1 atom stereocenters. The molecule has 7 heteroatoms. The minimum atomic E-state index is -0.399. The number of hydrogen-bond acceptors (Lipinski definition) is 5. The molecular weight excluding hydrogens is 292 g/mol. The van der Waals surface area contributed by atoms with E-state index in [4.69, 9.17) is 11.6 Å². The highest BCUT2D eigenvalue weighted by atomic mass is 35.5. The molecule has 3 saturated heterocycles. The molecule has 114 valence electrons. The highest BCUT2D eigenvalue weighted by molar-refractivity contribution is 6.33. The zero-order valence-electron chi connectivity index (χ0n) is 12.0. The number of aryl methyl sites for hydroxylation is 1. The smallest absolute Gasteiger partial charge is 0.273 e.